The van der Waals surface area contributed by atoms with Crippen molar-refractivity contribution in [3.05, 3.63) is 143 Å². The summed E-state index contributed by atoms with van der Waals surface area (Å²) in [5.41, 5.74) is 3.09. The molecule has 4 rings (SSSR count). The molecule has 4 heteroatoms. The monoisotopic (exact) mass is 491 g/mol. The first-order valence-corrected chi connectivity index (χ1v) is 12.5. The van der Waals surface area contributed by atoms with E-state index < -0.39 is 17.4 Å². The fourth-order valence-electron chi connectivity index (χ4n) is 4.80. The topological polar surface area (TPSA) is 66.4 Å². The molecule has 4 nitrogen and oxygen atoms in total. The van der Waals surface area contributed by atoms with E-state index >= 15 is 0 Å². The second-order valence-corrected chi connectivity index (χ2v) is 10.4. The molecule has 4 aromatic rings. The maximum absolute atomic E-state index is 14.4. The third kappa shape index (κ3) is 5.49. The van der Waals surface area contributed by atoms with Gasteiger partial charge in [-0.25, -0.2) is 4.79 Å². The summed E-state index contributed by atoms with van der Waals surface area (Å²) in [6, 6.07) is 35.5. The lowest BCUT2D eigenvalue weighted by Gasteiger charge is -2.35. The predicted molar refractivity (Wildman–Crippen MR) is 148 cm³/mol. The highest BCUT2D eigenvalue weighted by Crippen LogP contribution is 2.39. The van der Waals surface area contributed by atoms with E-state index in [1.165, 1.54) is 5.56 Å². The highest BCUT2D eigenvalue weighted by Gasteiger charge is 2.45. The zero-order valence-electron chi connectivity index (χ0n) is 21.5. The van der Waals surface area contributed by atoms with E-state index in [9.17, 15) is 14.7 Å². The Morgan fingerprint density at radius 2 is 1.05 bits per heavy atom. The molecule has 0 heterocycles. The van der Waals surface area contributed by atoms with Crippen LogP contribution in [0, 0.1) is 0 Å². The van der Waals surface area contributed by atoms with Crippen molar-refractivity contribution in [3.63, 3.8) is 0 Å². The summed E-state index contributed by atoms with van der Waals surface area (Å²) in [6.07, 6.45) is 0.181. The van der Waals surface area contributed by atoms with Gasteiger partial charge in [0.15, 0.2) is 0 Å². The van der Waals surface area contributed by atoms with Crippen LogP contribution < -0.4 is 5.32 Å². The Kier molecular flexibility index (Phi) is 7.58. The van der Waals surface area contributed by atoms with Crippen LogP contribution in [0.4, 0.5) is 0 Å². The van der Waals surface area contributed by atoms with E-state index in [-0.39, 0.29) is 17.7 Å². The van der Waals surface area contributed by atoms with Crippen LogP contribution in [-0.2, 0) is 26.8 Å². The van der Waals surface area contributed by atoms with Gasteiger partial charge < -0.3 is 10.4 Å². The van der Waals surface area contributed by atoms with Gasteiger partial charge in [-0.1, -0.05) is 136 Å². The number of carboxylic acid groups (broad SMARTS) is 1. The summed E-state index contributed by atoms with van der Waals surface area (Å²) in [7, 11) is 0. The number of carbonyl (C=O) groups excluding carboxylic acids is 1. The molecular weight excluding hydrogens is 458 g/mol. The predicted octanol–water partition coefficient (Wildman–Crippen LogP) is 6.13. The first-order chi connectivity index (χ1) is 17.7. The number of benzene rings is 4. The lowest BCUT2D eigenvalue weighted by molar-refractivity contribution is -0.142. The molecule has 0 saturated carbocycles. The molecule has 0 saturated heterocycles. The molecule has 37 heavy (non-hydrogen) atoms. The number of hydrogen-bond acceptors (Lipinski definition) is 2. The molecule has 4 aromatic carbocycles. The largest absolute Gasteiger partial charge is 0.480 e. The number of carboxylic acids is 1. The molecule has 0 aromatic heterocycles. The van der Waals surface area contributed by atoms with Gasteiger partial charge in [0.1, 0.15) is 11.5 Å². The molecule has 188 valence electrons. The Morgan fingerprint density at radius 3 is 1.41 bits per heavy atom. The van der Waals surface area contributed by atoms with Crippen molar-refractivity contribution in [2.45, 2.75) is 44.1 Å². The fourth-order valence-corrected chi connectivity index (χ4v) is 4.80. The van der Waals surface area contributed by atoms with Crippen molar-refractivity contribution in [1.29, 1.82) is 0 Å². The van der Waals surface area contributed by atoms with Gasteiger partial charge in [-0.3, -0.25) is 4.79 Å². The smallest absolute Gasteiger partial charge is 0.326 e. The molecule has 1 amide bonds. The molecule has 0 bridgehead atoms. The van der Waals surface area contributed by atoms with Crippen molar-refractivity contribution in [3.8, 4) is 0 Å². The molecule has 0 aliphatic carbocycles. The van der Waals surface area contributed by atoms with E-state index in [4.69, 9.17) is 0 Å². The van der Waals surface area contributed by atoms with Gasteiger partial charge >= 0.3 is 5.97 Å². The summed E-state index contributed by atoms with van der Waals surface area (Å²) >= 11 is 0. The van der Waals surface area contributed by atoms with Crippen LogP contribution in [0.3, 0.4) is 0 Å². The summed E-state index contributed by atoms with van der Waals surface area (Å²) in [5, 5.41) is 13.0. The van der Waals surface area contributed by atoms with Crippen LogP contribution in [0.15, 0.2) is 115 Å². The number of nitrogens with one attached hydrogen (secondary N) is 1. The average Bonchev–Trinajstić information content (AvgIpc) is 2.90. The summed E-state index contributed by atoms with van der Waals surface area (Å²) < 4.78 is 0. The Balaban J connectivity index is 1.77. The summed E-state index contributed by atoms with van der Waals surface area (Å²) in [4.78, 5) is 26.8. The molecule has 0 radical (unpaired) electrons. The maximum atomic E-state index is 14.4. The number of rotatable bonds is 8. The molecule has 2 N–H and O–H groups in total. The summed E-state index contributed by atoms with van der Waals surface area (Å²) in [5.74, 6) is -1.45. The van der Waals surface area contributed by atoms with Gasteiger partial charge in [0.05, 0.1) is 0 Å². The van der Waals surface area contributed by atoms with Crippen molar-refractivity contribution >= 4 is 11.9 Å². The highest BCUT2D eigenvalue weighted by atomic mass is 16.4. The number of carbonyl (C=O) groups is 2. The molecule has 1 atom stereocenters. The van der Waals surface area contributed by atoms with E-state index in [2.05, 4.69) is 26.1 Å². The Labute approximate surface area is 219 Å². The summed E-state index contributed by atoms with van der Waals surface area (Å²) in [6.45, 7) is 6.41. The van der Waals surface area contributed by atoms with Gasteiger partial charge in [-0.2, -0.15) is 0 Å². The lowest BCUT2D eigenvalue weighted by Crippen LogP contribution is -2.52. The second kappa shape index (κ2) is 10.8. The first-order valence-electron chi connectivity index (χ1n) is 12.5. The fraction of sp³-hybridized carbons (Fsp3) is 0.212. The van der Waals surface area contributed by atoms with Crippen molar-refractivity contribution in [1.82, 2.24) is 5.32 Å². The van der Waals surface area contributed by atoms with Crippen LogP contribution in [-0.4, -0.2) is 23.0 Å². The van der Waals surface area contributed by atoms with Gasteiger partial charge in [0.2, 0.25) is 5.91 Å². The van der Waals surface area contributed by atoms with Crippen molar-refractivity contribution < 1.29 is 14.7 Å². The number of aliphatic carboxylic acids is 1. The Morgan fingerprint density at radius 1 is 0.649 bits per heavy atom. The zero-order chi connectivity index (χ0) is 26.5. The van der Waals surface area contributed by atoms with Crippen LogP contribution in [0.1, 0.15) is 48.6 Å². The van der Waals surface area contributed by atoms with Crippen molar-refractivity contribution in [2.24, 2.45) is 0 Å². The standard InChI is InChI=1S/C33H33NO3/c1-32(2,3)25-21-19-24(20-22-25)23-29(30(35)36)34-31(37)33(26-13-7-4-8-14-26,27-15-9-5-10-16-27)28-17-11-6-12-18-28/h4-22,29H,23H2,1-3H3,(H,34,37)(H,35,36)/t29-/m0/s1. The first kappa shape index (κ1) is 25.9. The Bertz CT molecular complexity index is 1230. The van der Waals surface area contributed by atoms with E-state index in [0.717, 1.165) is 22.3 Å². The zero-order valence-corrected chi connectivity index (χ0v) is 21.5. The normalized spacial score (nSPS) is 12.5. The molecule has 0 unspecified atom stereocenters. The number of hydrogen-bond donors (Lipinski definition) is 2. The van der Waals surface area contributed by atoms with E-state index in [1.54, 1.807) is 0 Å². The minimum Gasteiger partial charge on any atom is -0.480 e. The Hall–Kier alpha value is -4.18. The minimum absolute atomic E-state index is 0.000398. The molecule has 0 fully saturated rings. The van der Waals surface area contributed by atoms with Gasteiger partial charge in [-0.05, 0) is 33.2 Å². The van der Waals surface area contributed by atoms with Gasteiger partial charge in [0, 0.05) is 6.42 Å². The maximum Gasteiger partial charge on any atom is 0.326 e. The van der Waals surface area contributed by atoms with Crippen LogP contribution in [0.2, 0.25) is 0 Å². The van der Waals surface area contributed by atoms with Crippen LogP contribution in [0.5, 0.6) is 0 Å². The third-order valence-electron chi connectivity index (χ3n) is 6.82. The SMILES string of the molecule is CC(C)(C)c1ccc(C[C@H](NC(=O)C(c2ccccc2)(c2ccccc2)c2ccccc2)C(=O)O)cc1. The average molecular weight is 492 g/mol. The molecule has 0 aliphatic rings. The lowest BCUT2D eigenvalue weighted by atomic mass is 9.68. The minimum atomic E-state index is -1.23. The molecular formula is C33H33NO3. The molecule has 0 aliphatic heterocycles. The van der Waals surface area contributed by atoms with Crippen LogP contribution >= 0.6 is 0 Å². The second-order valence-electron chi connectivity index (χ2n) is 10.4. The van der Waals surface area contributed by atoms with Crippen molar-refractivity contribution in [2.75, 3.05) is 0 Å². The quantitative estimate of drug-likeness (QED) is 0.291. The highest BCUT2D eigenvalue weighted by molar-refractivity contribution is 5.98. The third-order valence-corrected chi connectivity index (χ3v) is 6.82. The van der Waals surface area contributed by atoms with Gasteiger partial charge in [-0.15, -0.1) is 0 Å². The van der Waals surface area contributed by atoms with E-state index in [0.29, 0.717) is 0 Å². The van der Waals surface area contributed by atoms with Crippen LogP contribution in [0.25, 0.3) is 0 Å². The molecule has 0 spiro atoms. The number of amides is 1. The van der Waals surface area contributed by atoms with E-state index in [1.807, 2.05) is 115 Å². The van der Waals surface area contributed by atoms with Gasteiger partial charge in [0.25, 0.3) is 0 Å².